The number of hydrogen-bond acceptors (Lipinski definition) is 2. The van der Waals surface area contributed by atoms with E-state index >= 15 is 0 Å². The van der Waals surface area contributed by atoms with Crippen molar-refractivity contribution in [3.63, 3.8) is 0 Å². The van der Waals surface area contributed by atoms with Crippen molar-refractivity contribution in [2.75, 3.05) is 23.7 Å². The molecule has 0 fully saturated rings. The molecule has 0 aliphatic carbocycles. The fourth-order valence-electron chi connectivity index (χ4n) is 1.66. The number of benzene rings is 2. The van der Waals surface area contributed by atoms with Gasteiger partial charge in [-0.2, -0.15) is 0 Å². The minimum absolute atomic E-state index is 0.620. The van der Waals surface area contributed by atoms with Gasteiger partial charge in [-0.05, 0) is 30.3 Å². The molecule has 0 unspecified atom stereocenters. The summed E-state index contributed by atoms with van der Waals surface area (Å²) in [4.78, 5) is 0. The van der Waals surface area contributed by atoms with Crippen LogP contribution in [0.3, 0.4) is 0 Å². The first-order valence-electron chi connectivity index (χ1n) is 5.83. The number of hydrogen-bond donors (Lipinski definition) is 2. The lowest BCUT2D eigenvalue weighted by Gasteiger charge is -2.10. The molecule has 2 N–H and O–H groups in total. The summed E-state index contributed by atoms with van der Waals surface area (Å²) < 4.78 is 0. The first-order valence-corrected chi connectivity index (χ1v) is 6.97. The van der Waals surface area contributed by atoms with Gasteiger partial charge >= 0.3 is 0 Å². The van der Waals surface area contributed by atoms with Crippen molar-refractivity contribution in [2.24, 2.45) is 0 Å². The third kappa shape index (κ3) is 4.50. The third-order valence-electron chi connectivity index (χ3n) is 2.51. The highest BCUT2D eigenvalue weighted by Crippen LogP contribution is 2.22. The van der Waals surface area contributed by atoms with Gasteiger partial charge in [0.1, 0.15) is 0 Å². The first kappa shape index (κ1) is 14.3. The molecule has 0 aromatic heterocycles. The molecule has 0 spiro atoms. The van der Waals surface area contributed by atoms with Gasteiger partial charge in [0.25, 0.3) is 0 Å². The summed E-state index contributed by atoms with van der Waals surface area (Å²) in [5.41, 5.74) is 1.83. The quantitative estimate of drug-likeness (QED) is 0.744. The SMILES string of the molecule is Clc1cc(Cl)cc(NCCNc2ccccc2Cl)c1. The van der Waals surface area contributed by atoms with Gasteiger partial charge < -0.3 is 10.6 Å². The van der Waals surface area contributed by atoms with Crippen LogP contribution < -0.4 is 10.6 Å². The first-order chi connectivity index (χ1) is 9.15. The lowest BCUT2D eigenvalue weighted by atomic mass is 10.3. The summed E-state index contributed by atoms with van der Waals surface area (Å²) in [7, 11) is 0. The highest BCUT2D eigenvalue weighted by Gasteiger charge is 1.99. The van der Waals surface area contributed by atoms with E-state index < -0.39 is 0 Å². The van der Waals surface area contributed by atoms with Crippen LogP contribution in [0.5, 0.6) is 0 Å². The third-order valence-corrected chi connectivity index (χ3v) is 3.27. The van der Waals surface area contributed by atoms with Crippen LogP contribution in [0.25, 0.3) is 0 Å². The zero-order valence-electron chi connectivity index (χ0n) is 10.1. The topological polar surface area (TPSA) is 24.1 Å². The minimum atomic E-state index is 0.620. The predicted molar refractivity (Wildman–Crippen MR) is 84.9 cm³/mol. The highest BCUT2D eigenvalue weighted by atomic mass is 35.5. The van der Waals surface area contributed by atoms with Gasteiger partial charge in [-0.25, -0.2) is 0 Å². The van der Waals surface area contributed by atoms with E-state index in [2.05, 4.69) is 10.6 Å². The van der Waals surface area contributed by atoms with E-state index in [-0.39, 0.29) is 0 Å². The van der Waals surface area contributed by atoms with Crippen molar-refractivity contribution < 1.29 is 0 Å². The summed E-state index contributed by atoms with van der Waals surface area (Å²) in [6, 6.07) is 13.0. The zero-order valence-corrected chi connectivity index (χ0v) is 12.4. The molecule has 0 aliphatic heterocycles. The Morgan fingerprint density at radius 2 is 1.42 bits per heavy atom. The van der Waals surface area contributed by atoms with E-state index in [1.807, 2.05) is 36.4 Å². The second-order valence-corrected chi connectivity index (χ2v) is 5.27. The van der Waals surface area contributed by atoms with Crippen molar-refractivity contribution in [3.05, 3.63) is 57.5 Å². The van der Waals surface area contributed by atoms with E-state index in [0.29, 0.717) is 15.1 Å². The van der Waals surface area contributed by atoms with E-state index in [9.17, 15) is 0 Å². The number of rotatable bonds is 5. The Morgan fingerprint density at radius 3 is 2.11 bits per heavy atom. The Morgan fingerprint density at radius 1 is 0.789 bits per heavy atom. The van der Waals surface area contributed by atoms with Gasteiger partial charge in [-0.3, -0.25) is 0 Å². The number of para-hydroxylation sites is 1. The monoisotopic (exact) mass is 314 g/mol. The molecule has 0 atom stereocenters. The van der Waals surface area contributed by atoms with Crippen LogP contribution in [0, 0.1) is 0 Å². The molecular formula is C14H13Cl3N2. The maximum absolute atomic E-state index is 6.04. The molecule has 100 valence electrons. The van der Waals surface area contributed by atoms with Gasteiger partial charge in [0.2, 0.25) is 0 Å². The van der Waals surface area contributed by atoms with E-state index in [0.717, 1.165) is 24.5 Å². The summed E-state index contributed by atoms with van der Waals surface area (Å²) in [5.74, 6) is 0. The van der Waals surface area contributed by atoms with Gasteiger partial charge in [0.15, 0.2) is 0 Å². The smallest absolute Gasteiger partial charge is 0.0637 e. The fourth-order valence-corrected chi connectivity index (χ4v) is 2.39. The Bertz CT molecular complexity index is 538. The Hall–Kier alpha value is -1.09. The van der Waals surface area contributed by atoms with Crippen LogP contribution >= 0.6 is 34.8 Å². The van der Waals surface area contributed by atoms with Gasteiger partial charge in [0, 0.05) is 28.8 Å². The van der Waals surface area contributed by atoms with Crippen LogP contribution in [0.15, 0.2) is 42.5 Å². The van der Waals surface area contributed by atoms with Crippen molar-refractivity contribution in [3.8, 4) is 0 Å². The largest absolute Gasteiger partial charge is 0.383 e. The Balaban J connectivity index is 1.82. The van der Waals surface area contributed by atoms with Crippen LogP contribution in [-0.2, 0) is 0 Å². The maximum Gasteiger partial charge on any atom is 0.0637 e. The Labute approximate surface area is 127 Å². The average molecular weight is 316 g/mol. The molecular weight excluding hydrogens is 303 g/mol. The molecule has 0 heterocycles. The average Bonchev–Trinajstić information content (AvgIpc) is 2.35. The number of halogens is 3. The van der Waals surface area contributed by atoms with Crippen LogP contribution in [0.4, 0.5) is 11.4 Å². The van der Waals surface area contributed by atoms with Crippen molar-refractivity contribution >= 4 is 46.2 Å². The molecule has 0 amide bonds. The second kappa shape index (κ2) is 6.90. The van der Waals surface area contributed by atoms with Gasteiger partial charge in [-0.15, -0.1) is 0 Å². The predicted octanol–water partition coefficient (Wildman–Crippen LogP) is 5.17. The minimum Gasteiger partial charge on any atom is -0.383 e. The molecule has 2 nitrogen and oxygen atoms in total. The van der Waals surface area contributed by atoms with Crippen LogP contribution in [-0.4, -0.2) is 13.1 Å². The normalized spacial score (nSPS) is 10.3. The maximum atomic E-state index is 6.04. The summed E-state index contributed by atoms with van der Waals surface area (Å²) in [6.07, 6.45) is 0. The summed E-state index contributed by atoms with van der Waals surface area (Å²) in [5, 5.41) is 8.45. The standard InChI is InChI=1S/C14H13Cl3N2/c15-10-7-11(16)9-12(8-10)18-5-6-19-14-4-2-1-3-13(14)17/h1-4,7-9,18-19H,5-6H2. The van der Waals surface area contributed by atoms with E-state index in [1.54, 1.807) is 6.07 Å². The summed E-state index contributed by atoms with van der Waals surface area (Å²) >= 11 is 17.9. The van der Waals surface area contributed by atoms with E-state index in [4.69, 9.17) is 34.8 Å². The van der Waals surface area contributed by atoms with Gasteiger partial charge in [-0.1, -0.05) is 46.9 Å². The highest BCUT2D eigenvalue weighted by molar-refractivity contribution is 6.35. The van der Waals surface area contributed by atoms with Crippen molar-refractivity contribution in [1.82, 2.24) is 0 Å². The molecule has 0 saturated carbocycles. The van der Waals surface area contributed by atoms with Gasteiger partial charge in [0.05, 0.1) is 10.7 Å². The molecule has 0 aliphatic rings. The Kier molecular flexibility index (Phi) is 5.20. The lowest BCUT2D eigenvalue weighted by Crippen LogP contribution is -2.13. The molecule has 0 saturated heterocycles. The lowest BCUT2D eigenvalue weighted by molar-refractivity contribution is 1.08. The molecule has 19 heavy (non-hydrogen) atoms. The second-order valence-electron chi connectivity index (χ2n) is 3.99. The molecule has 2 rings (SSSR count). The molecule has 2 aromatic carbocycles. The van der Waals surface area contributed by atoms with E-state index in [1.165, 1.54) is 0 Å². The molecule has 0 bridgehead atoms. The molecule has 5 heteroatoms. The molecule has 2 aromatic rings. The van der Waals surface area contributed by atoms with Crippen LogP contribution in [0.2, 0.25) is 15.1 Å². The van der Waals surface area contributed by atoms with Crippen molar-refractivity contribution in [1.29, 1.82) is 0 Å². The van der Waals surface area contributed by atoms with Crippen molar-refractivity contribution in [2.45, 2.75) is 0 Å². The van der Waals surface area contributed by atoms with Crippen LogP contribution in [0.1, 0.15) is 0 Å². The fraction of sp³-hybridized carbons (Fsp3) is 0.143. The zero-order chi connectivity index (χ0) is 13.7. The summed E-state index contributed by atoms with van der Waals surface area (Å²) in [6.45, 7) is 1.48. The number of anilines is 2. The molecule has 0 radical (unpaired) electrons. The number of nitrogens with one attached hydrogen (secondary N) is 2.